The van der Waals surface area contributed by atoms with Crippen LogP contribution in [0.1, 0.15) is 37.7 Å². The number of rotatable bonds is 7. The number of imidazole rings is 1. The molecule has 1 atom stereocenters. The van der Waals surface area contributed by atoms with Gasteiger partial charge in [0.05, 0.1) is 30.7 Å². The number of aliphatic imine (C=N–C) groups is 1. The van der Waals surface area contributed by atoms with Crippen LogP contribution in [0.5, 0.6) is 11.5 Å². The largest absolute Gasteiger partial charge is 0.494 e. The highest BCUT2D eigenvalue weighted by molar-refractivity contribution is 5.80. The highest BCUT2D eigenvalue weighted by atomic mass is 16.5. The van der Waals surface area contributed by atoms with Gasteiger partial charge in [0, 0.05) is 31.1 Å². The summed E-state index contributed by atoms with van der Waals surface area (Å²) >= 11 is 0. The van der Waals surface area contributed by atoms with E-state index < -0.39 is 0 Å². The van der Waals surface area contributed by atoms with Gasteiger partial charge in [-0.2, -0.15) is 0 Å². The molecule has 0 spiro atoms. The third-order valence-electron chi connectivity index (χ3n) is 5.42. The minimum Gasteiger partial charge on any atom is -0.494 e. The molecular weight excluding hydrogens is 390 g/mol. The summed E-state index contributed by atoms with van der Waals surface area (Å²) in [4.78, 5) is 9.52. The second kappa shape index (κ2) is 9.29. The van der Waals surface area contributed by atoms with E-state index in [-0.39, 0.29) is 6.10 Å². The van der Waals surface area contributed by atoms with Crippen LogP contribution >= 0.6 is 0 Å². The number of fused-ring (bicyclic) bond motifs is 2. The highest BCUT2D eigenvalue weighted by Crippen LogP contribution is 2.35. The number of aryl methyl sites for hydroxylation is 1. The Bertz CT molecular complexity index is 1090. The van der Waals surface area contributed by atoms with Crippen molar-refractivity contribution in [3.63, 3.8) is 0 Å². The number of ether oxygens (including phenoxy) is 2. The lowest BCUT2D eigenvalue weighted by Crippen LogP contribution is -2.37. The van der Waals surface area contributed by atoms with Crippen LogP contribution in [-0.2, 0) is 26.6 Å². The number of hydrogen-bond donors (Lipinski definition) is 2. The minimum atomic E-state index is 0.204. The SMILES string of the molecule is CCNC(=NCc1cc2c(cc1OCC)CC(C)O2)NCc1nc2ccccc2n1C. The van der Waals surface area contributed by atoms with E-state index in [2.05, 4.69) is 47.2 Å². The third-order valence-corrected chi connectivity index (χ3v) is 5.42. The van der Waals surface area contributed by atoms with E-state index in [1.54, 1.807) is 0 Å². The van der Waals surface area contributed by atoms with Crippen LogP contribution in [0, 0.1) is 0 Å². The van der Waals surface area contributed by atoms with Crippen LogP contribution in [-0.4, -0.2) is 34.8 Å². The molecule has 31 heavy (non-hydrogen) atoms. The predicted octanol–water partition coefficient (Wildman–Crippen LogP) is 3.55. The molecule has 1 aliphatic heterocycles. The van der Waals surface area contributed by atoms with Gasteiger partial charge in [-0.3, -0.25) is 0 Å². The molecule has 0 amide bonds. The van der Waals surface area contributed by atoms with E-state index in [0.717, 1.165) is 52.8 Å². The molecular formula is C24H31N5O2. The van der Waals surface area contributed by atoms with Gasteiger partial charge in [-0.05, 0) is 45.0 Å². The normalized spacial score (nSPS) is 15.6. The van der Waals surface area contributed by atoms with Gasteiger partial charge in [0.2, 0.25) is 0 Å². The fourth-order valence-electron chi connectivity index (χ4n) is 3.92. The molecule has 3 aromatic rings. The van der Waals surface area contributed by atoms with Crippen LogP contribution in [0.4, 0.5) is 0 Å². The number of hydrogen-bond acceptors (Lipinski definition) is 4. The molecule has 0 aliphatic carbocycles. The molecule has 1 aliphatic rings. The highest BCUT2D eigenvalue weighted by Gasteiger charge is 2.21. The van der Waals surface area contributed by atoms with Crippen molar-refractivity contribution in [2.45, 2.75) is 46.4 Å². The van der Waals surface area contributed by atoms with Crippen LogP contribution in [0.15, 0.2) is 41.4 Å². The van der Waals surface area contributed by atoms with Crippen LogP contribution < -0.4 is 20.1 Å². The maximum Gasteiger partial charge on any atom is 0.191 e. The van der Waals surface area contributed by atoms with Crippen LogP contribution in [0.2, 0.25) is 0 Å². The van der Waals surface area contributed by atoms with Crippen molar-refractivity contribution < 1.29 is 9.47 Å². The first-order valence-corrected chi connectivity index (χ1v) is 11.0. The summed E-state index contributed by atoms with van der Waals surface area (Å²) in [7, 11) is 2.04. The molecule has 0 saturated heterocycles. The van der Waals surface area contributed by atoms with Crippen molar-refractivity contribution >= 4 is 17.0 Å². The molecule has 0 radical (unpaired) electrons. The Morgan fingerprint density at radius 1 is 1.26 bits per heavy atom. The summed E-state index contributed by atoms with van der Waals surface area (Å²) < 4.78 is 13.9. The summed E-state index contributed by atoms with van der Waals surface area (Å²) in [6.07, 6.45) is 1.12. The van der Waals surface area contributed by atoms with E-state index >= 15 is 0 Å². The molecule has 2 heterocycles. The minimum absolute atomic E-state index is 0.204. The maximum atomic E-state index is 5.94. The average molecular weight is 422 g/mol. The second-order valence-corrected chi connectivity index (χ2v) is 7.76. The van der Waals surface area contributed by atoms with Crippen molar-refractivity contribution in [2.75, 3.05) is 13.2 Å². The smallest absolute Gasteiger partial charge is 0.191 e. The molecule has 0 saturated carbocycles. The Kier molecular flexibility index (Phi) is 6.30. The zero-order valence-corrected chi connectivity index (χ0v) is 18.7. The second-order valence-electron chi connectivity index (χ2n) is 7.76. The lowest BCUT2D eigenvalue weighted by atomic mass is 10.1. The molecule has 1 unspecified atom stereocenters. The summed E-state index contributed by atoms with van der Waals surface area (Å²) in [6.45, 7) is 8.63. The molecule has 164 valence electrons. The summed E-state index contributed by atoms with van der Waals surface area (Å²) in [5, 5.41) is 6.72. The summed E-state index contributed by atoms with van der Waals surface area (Å²) in [5.74, 6) is 3.53. The quantitative estimate of drug-likeness (QED) is 0.451. The van der Waals surface area contributed by atoms with Crippen LogP contribution in [0.3, 0.4) is 0 Å². The van der Waals surface area contributed by atoms with Crippen molar-refractivity contribution in [3.8, 4) is 11.5 Å². The average Bonchev–Trinajstić information content (AvgIpc) is 3.28. The van der Waals surface area contributed by atoms with Gasteiger partial charge < -0.3 is 24.7 Å². The van der Waals surface area contributed by atoms with Gasteiger partial charge in [-0.15, -0.1) is 0 Å². The van der Waals surface area contributed by atoms with Gasteiger partial charge >= 0.3 is 0 Å². The zero-order chi connectivity index (χ0) is 21.8. The fraction of sp³-hybridized carbons (Fsp3) is 0.417. The Morgan fingerprint density at radius 3 is 2.87 bits per heavy atom. The Labute approximate surface area is 183 Å². The van der Waals surface area contributed by atoms with E-state index in [0.29, 0.717) is 19.7 Å². The Morgan fingerprint density at radius 2 is 2.10 bits per heavy atom. The topological polar surface area (TPSA) is 72.7 Å². The molecule has 7 heteroatoms. The van der Waals surface area contributed by atoms with Crippen molar-refractivity contribution in [1.82, 2.24) is 20.2 Å². The standard InChI is InChI=1S/C24H31N5O2/c1-5-25-24(27-15-23-28-19-9-7-8-10-20(19)29(23)4)26-14-18-13-22-17(11-16(3)31-22)12-21(18)30-6-2/h7-10,12-13,16H,5-6,11,14-15H2,1-4H3,(H2,25,26,27). The Balaban J connectivity index is 1.51. The maximum absolute atomic E-state index is 5.94. The zero-order valence-electron chi connectivity index (χ0n) is 18.7. The first kappa shape index (κ1) is 21.0. The molecule has 4 rings (SSSR count). The number of aromatic nitrogens is 2. The van der Waals surface area contributed by atoms with Gasteiger partial charge in [-0.1, -0.05) is 12.1 Å². The predicted molar refractivity (Wildman–Crippen MR) is 124 cm³/mol. The van der Waals surface area contributed by atoms with Gasteiger partial charge in [0.1, 0.15) is 23.4 Å². The molecule has 2 N–H and O–H groups in total. The molecule has 0 bridgehead atoms. The van der Waals surface area contributed by atoms with Crippen molar-refractivity contribution in [1.29, 1.82) is 0 Å². The lowest BCUT2D eigenvalue weighted by Gasteiger charge is -2.14. The third kappa shape index (κ3) is 4.60. The Hall–Kier alpha value is -3.22. The first-order chi connectivity index (χ1) is 15.1. The van der Waals surface area contributed by atoms with Crippen molar-refractivity contribution in [3.05, 3.63) is 53.3 Å². The number of nitrogens with one attached hydrogen (secondary N) is 2. The number of benzene rings is 2. The lowest BCUT2D eigenvalue weighted by molar-refractivity contribution is 0.254. The number of nitrogens with zero attached hydrogens (tertiary/aromatic N) is 3. The molecule has 0 fully saturated rings. The fourth-order valence-corrected chi connectivity index (χ4v) is 3.92. The number of guanidine groups is 1. The van der Waals surface area contributed by atoms with E-state index in [1.165, 1.54) is 5.56 Å². The molecule has 7 nitrogen and oxygen atoms in total. The van der Waals surface area contributed by atoms with E-state index in [9.17, 15) is 0 Å². The number of para-hydroxylation sites is 2. The van der Waals surface area contributed by atoms with Crippen LogP contribution in [0.25, 0.3) is 11.0 Å². The summed E-state index contributed by atoms with van der Waals surface area (Å²) in [6, 6.07) is 12.3. The molecule has 2 aromatic carbocycles. The van der Waals surface area contributed by atoms with E-state index in [4.69, 9.17) is 19.5 Å². The van der Waals surface area contributed by atoms with Gasteiger partial charge in [0.25, 0.3) is 0 Å². The first-order valence-electron chi connectivity index (χ1n) is 11.0. The van der Waals surface area contributed by atoms with Gasteiger partial charge in [0.15, 0.2) is 5.96 Å². The van der Waals surface area contributed by atoms with Gasteiger partial charge in [-0.25, -0.2) is 9.98 Å². The monoisotopic (exact) mass is 421 g/mol. The summed E-state index contributed by atoms with van der Waals surface area (Å²) in [5.41, 5.74) is 4.35. The van der Waals surface area contributed by atoms with Crippen molar-refractivity contribution in [2.24, 2.45) is 12.0 Å². The van der Waals surface area contributed by atoms with E-state index in [1.807, 2.05) is 32.2 Å². The molecule has 1 aromatic heterocycles.